The van der Waals surface area contributed by atoms with E-state index in [0.717, 1.165) is 42.0 Å². The van der Waals surface area contributed by atoms with Crippen molar-refractivity contribution in [3.8, 4) is 11.1 Å². The first-order valence-corrected chi connectivity index (χ1v) is 11.2. The number of nitrogens with one attached hydrogen (secondary N) is 1. The standard InChI is InChI=1S/C23H28N2O2S/c1-17-6-3-7-18(14-17)19-8-4-10-21(15-19)24-23(27)20-9-5-12-25(16-20)22(26)11-13-28-2/h3-4,6-8,10,14-15,20H,5,9,11-13,16H2,1-2H3,(H,24,27)/t20-/m1/s1. The quantitative estimate of drug-likeness (QED) is 0.777. The van der Waals surface area contributed by atoms with E-state index in [1.54, 1.807) is 11.8 Å². The molecule has 148 valence electrons. The number of anilines is 1. The fourth-order valence-electron chi connectivity index (χ4n) is 3.61. The molecule has 2 aromatic rings. The number of piperidine rings is 1. The third-order valence-electron chi connectivity index (χ3n) is 5.15. The van der Waals surface area contributed by atoms with Gasteiger partial charge in [-0.1, -0.05) is 42.0 Å². The van der Waals surface area contributed by atoms with Gasteiger partial charge in [-0.25, -0.2) is 0 Å². The van der Waals surface area contributed by atoms with Gasteiger partial charge in [0.25, 0.3) is 0 Å². The zero-order valence-corrected chi connectivity index (χ0v) is 17.4. The maximum absolute atomic E-state index is 12.8. The van der Waals surface area contributed by atoms with Crippen molar-refractivity contribution >= 4 is 29.3 Å². The summed E-state index contributed by atoms with van der Waals surface area (Å²) in [7, 11) is 0. The molecule has 2 aromatic carbocycles. The third-order valence-corrected chi connectivity index (χ3v) is 5.76. The predicted molar refractivity (Wildman–Crippen MR) is 118 cm³/mol. The van der Waals surface area contributed by atoms with E-state index in [1.807, 2.05) is 35.4 Å². The smallest absolute Gasteiger partial charge is 0.229 e. The zero-order chi connectivity index (χ0) is 19.9. The monoisotopic (exact) mass is 396 g/mol. The number of rotatable bonds is 6. The minimum Gasteiger partial charge on any atom is -0.342 e. The molecular weight excluding hydrogens is 368 g/mol. The summed E-state index contributed by atoms with van der Waals surface area (Å²) >= 11 is 1.68. The topological polar surface area (TPSA) is 49.4 Å². The first-order chi connectivity index (χ1) is 13.6. The number of aryl methyl sites for hydroxylation is 1. The van der Waals surface area contributed by atoms with Crippen LogP contribution in [-0.2, 0) is 9.59 Å². The van der Waals surface area contributed by atoms with E-state index in [1.165, 1.54) is 5.56 Å². The normalized spacial score (nSPS) is 16.6. The Morgan fingerprint density at radius 3 is 2.64 bits per heavy atom. The molecule has 0 bridgehead atoms. The van der Waals surface area contributed by atoms with E-state index < -0.39 is 0 Å². The van der Waals surface area contributed by atoms with Gasteiger partial charge in [-0.3, -0.25) is 9.59 Å². The fourth-order valence-corrected chi connectivity index (χ4v) is 3.99. The van der Waals surface area contributed by atoms with Gasteiger partial charge < -0.3 is 10.2 Å². The number of nitrogens with zero attached hydrogens (tertiary/aromatic N) is 1. The molecule has 0 unspecified atom stereocenters. The fraction of sp³-hybridized carbons (Fsp3) is 0.391. The summed E-state index contributed by atoms with van der Waals surface area (Å²) in [5.41, 5.74) is 4.23. The summed E-state index contributed by atoms with van der Waals surface area (Å²) in [6.45, 7) is 3.36. The molecule has 28 heavy (non-hydrogen) atoms. The second-order valence-electron chi connectivity index (χ2n) is 7.36. The Hall–Kier alpha value is -2.27. The van der Waals surface area contributed by atoms with Gasteiger partial charge in [0, 0.05) is 31.0 Å². The van der Waals surface area contributed by atoms with Crippen LogP contribution in [0.2, 0.25) is 0 Å². The second kappa shape index (κ2) is 9.78. The highest BCUT2D eigenvalue weighted by Crippen LogP contribution is 2.25. The van der Waals surface area contributed by atoms with Crippen molar-refractivity contribution in [2.75, 3.05) is 30.4 Å². The first kappa shape index (κ1) is 20.5. The van der Waals surface area contributed by atoms with E-state index in [9.17, 15) is 9.59 Å². The molecule has 1 atom stereocenters. The Labute approximate surface area is 171 Å². The molecule has 1 heterocycles. The largest absolute Gasteiger partial charge is 0.342 e. The van der Waals surface area contributed by atoms with Gasteiger partial charge in [0.15, 0.2) is 0 Å². The lowest BCUT2D eigenvalue weighted by Gasteiger charge is -2.32. The Morgan fingerprint density at radius 2 is 1.89 bits per heavy atom. The van der Waals surface area contributed by atoms with Crippen LogP contribution in [0.1, 0.15) is 24.8 Å². The van der Waals surface area contributed by atoms with Crippen molar-refractivity contribution in [3.63, 3.8) is 0 Å². The number of hydrogen-bond acceptors (Lipinski definition) is 3. The minimum absolute atomic E-state index is 0.00348. The lowest BCUT2D eigenvalue weighted by atomic mass is 9.96. The zero-order valence-electron chi connectivity index (χ0n) is 16.6. The molecule has 0 radical (unpaired) electrons. The number of benzene rings is 2. The van der Waals surface area contributed by atoms with Gasteiger partial charge in [-0.15, -0.1) is 0 Å². The highest BCUT2D eigenvalue weighted by atomic mass is 32.2. The van der Waals surface area contributed by atoms with Gasteiger partial charge in [-0.2, -0.15) is 11.8 Å². The van der Waals surface area contributed by atoms with Crippen molar-refractivity contribution in [2.24, 2.45) is 5.92 Å². The summed E-state index contributed by atoms with van der Waals surface area (Å²) < 4.78 is 0. The van der Waals surface area contributed by atoms with Crippen LogP contribution in [0, 0.1) is 12.8 Å². The van der Waals surface area contributed by atoms with Gasteiger partial charge in [-0.05, 0) is 49.3 Å². The molecule has 0 spiro atoms. The third kappa shape index (κ3) is 5.38. The van der Waals surface area contributed by atoms with E-state index in [2.05, 4.69) is 36.5 Å². The van der Waals surface area contributed by atoms with Crippen molar-refractivity contribution in [2.45, 2.75) is 26.2 Å². The number of carbonyl (C=O) groups is 2. The number of thioether (sulfide) groups is 1. The minimum atomic E-state index is -0.144. The summed E-state index contributed by atoms with van der Waals surface area (Å²) in [5, 5.41) is 3.06. The Kier molecular flexibility index (Phi) is 7.15. The molecule has 0 aromatic heterocycles. The summed E-state index contributed by atoms with van der Waals surface area (Å²) in [6.07, 6.45) is 4.26. The molecule has 1 saturated heterocycles. The van der Waals surface area contributed by atoms with Crippen LogP contribution in [0.3, 0.4) is 0 Å². The molecule has 1 aliphatic rings. The lowest BCUT2D eigenvalue weighted by molar-refractivity contribution is -0.134. The van der Waals surface area contributed by atoms with Crippen LogP contribution < -0.4 is 5.32 Å². The van der Waals surface area contributed by atoms with Crippen LogP contribution in [0.5, 0.6) is 0 Å². The molecule has 5 heteroatoms. The van der Waals surface area contributed by atoms with Gasteiger partial charge in [0.05, 0.1) is 5.92 Å². The Morgan fingerprint density at radius 1 is 1.14 bits per heavy atom. The Balaban J connectivity index is 1.64. The maximum atomic E-state index is 12.8. The average molecular weight is 397 g/mol. The number of hydrogen-bond donors (Lipinski definition) is 1. The highest BCUT2D eigenvalue weighted by molar-refractivity contribution is 7.98. The molecule has 1 aliphatic heterocycles. The van der Waals surface area contributed by atoms with Crippen molar-refractivity contribution in [1.82, 2.24) is 4.90 Å². The predicted octanol–water partition coefficient (Wildman–Crippen LogP) is 4.59. The molecule has 1 fully saturated rings. The van der Waals surface area contributed by atoms with Crippen LogP contribution >= 0.6 is 11.8 Å². The van der Waals surface area contributed by atoms with Crippen molar-refractivity contribution in [1.29, 1.82) is 0 Å². The number of carbonyl (C=O) groups excluding carboxylic acids is 2. The van der Waals surface area contributed by atoms with Crippen LogP contribution in [-0.4, -0.2) is 41.8 Å². The summed E-state index contributed by atoms with van der Waals surface area (Å²) in [4.78, 5) is 26.9. The van der Waals surface area contributed by atoms with Gasteiger partial charge in [0.1, 0.15) is 0 Å². The average Bonchev–Trinajstić information content (AvgIpc) is 2.72. The van der Waals surface area contributed by atoms with E-state index >= 15 is 0 Å². The van der Waals surface area contributed by atoms with Crippen molar-refractivity contribution in [3.05, 3.63) is 54.1 Å². The second-order valence-corrected chi connectivity index (χ2v) is 8.35. The molecule has 2 amide bonds. The van der Waals surface area contributed by atoms with E-state index in [4.69, 9.17) is 0 Å². The van der Waals surface area contributed by atoms with E-state index in [0.29, 0.717) is 13.0 Å². The van der Waals surface area contributed by atoms with E-state index in [-0.39, 0.29) is 17.7 Å². The van der Waals surface area contributed by atoms with Gasteiger partial charge in [0.2, 0.25) is 11.8 Å². The number of likely N-dealkylation sites (tertiary alicyclic amines) is 1. The molecule has 0 saturated carbocycles. The molecule has 3 rings (SSSR count). The molecular formula is C23H28N2O2S. The Bertz CT molecular complexity index is 837. The molecule has 4 nitrogen and oxygen atoms in total. The highest BCUT2D eigenvalue weighted by Gasteiger charge is 2.28. The summed E-state index contributed by atoms with van der Waals surface area (Å²) in [5.74, 6) is 0.851. The van der Waals surface area contributed by atoms with Crippen LogP contribution in [0.15, 0.2) is 48.5 Å². The first-order valence-electron chi connectivity index (χ1n) is 9.81. The van der Waals surface area contributed by atoms with Crippen molar-refractivity contribution < 1.29 is 9.59 Å². The van der Waals surface area contributed by atoms with Crippen LogP contribution in [0.25, 0.3) is 11.1 Å². The number of amides is 2. The summed E-state index contributed by atoms with van der Waals surface area (Å²) in [6, 6.07) is 16.3. The maximum Gasteiger partial charge on any atom is 0.229 e. The van der Waals surface area contributed by atoms with Gasteiger partial charge >= 0.3 is 0 Å². The lowest BCUT2D eigenvalue weighted by Crippen LogP contribution is -2.43. The SMILES string of the molecule is CSCCC(=O)N1CCC[C@@H](C(=O)Nc2cccc(-c3cccc(C)c3)c2)C1. The van der Waals surface area contributed by atoms with Crippen LogP contribution in [0.4, 0.5) is 5.69 Å². The molecule has 1 N–H and O–H groups in total. The molecule has 0 aliphatic carbocycles.